The van der Waals surface area contributed by atoms with E-state index in [1.165, 1.54) is 24.5 Å². The summed E-state index contributed by atoms with van der Waals surface area (Å²) in [4.78, 5) is 12.3. The number of ether oxygens (including phenoxy) is 1. The second-order valence-corrected chi connectivity index (χ2v) is 4.55. The van der Waals surface area contributed by atoms with Gasteiger partial charge in [-0.15, -0.1) is 0 Å². The third-order valence-corrected chi connectivity index (χ3v) is 3.06. The second kappa shape index (κ2) is 6.64. The van der Waals surface area contributed by atoms with E-state index >= 15 is 0 Å². The zero-order valence-corrected chi connectivity index (χ0v) is 12.3. The zero-order chi connectivity index (χ0) is 16.1. The number of nitriles is 1. The van der Waals surface area contributed by atoms with Crippen LogP contribution < -0.4 is 4.74 Å². The number of hydrogen-bond acceptors (Lipinski definition) is 5. The van der Waals surface area contributed by atoms with E-state index in [0.717, 1.165) is 0 Å². The van der Waals surface area contributed by atoms with Gasteiger partial charge in [0.05, 0.1) is 18.4 Å². The molecule has 0 unspecified atom stereocenters. The number of rotatable bonds is 5. The predicted molar refractivity (Wildman–Crippen MR) is 80.6 cm³/mol. The number of aryl methyl sites for hydroxylation is 1. The van der Waals surface area contributed by atoms with Crippen molar-refractivity contribution in [3.63, 3.8) is 0 Å². The van der Waals surface area contributed by atoms with Crippen LogP contribution in [0.4, 0.5) is 0 Å². The van der Waals surface area contributed by atoms with Crippen LogP contribution in [0.3, 0.4) is 0 Å². The third-order valence-electron chi connectivity index (χ3n) is 3.06. The lowest BCUT2D eigenvalue weighted by atomic mass is 10.0. The smallest absolute Gasteiger partial charge is 0.207 e. The highest BCUT2D eigenvalue weighted by Gasteiger charge is 2.16. The highest BCUT2D eigenvalue weighted by Crippen LogP contribution is 2.28. The molecular weight excluding hydrogens is 282 g/mol. The molecule has 1 heterocycles. The summed E-state index contributed by atoms with van der Waals surface area (Å²) in [6, 6.07) is 8.07. The van der Waals surface area contributed by atoms with Crippen molar-refractivity contribution in [1.29, 1.82) is 5.26 Å². The third kappa shape index (κ3) is 3.18. The summed E-state index contributed by atoms with van der Waals surface area (Å²) in [7, 11) is 0. The van der Waals surface area contributed by atoms with E-state index in [1.807, 2.05) is 6.07 Å². The molecule has 1 aromatic heterocycles. The molecule has 1 N–H and O–H groups in total. The molecule has 1 aromatic carbocycles. The molecule has 5 nitrogen and oxygen atoms in total. The van der Waals surface area contributed by atoms with Gasteiger partial charge in [-0.3, -0.25) is 4.79 Å². The molecular formula is C17H15NO4. The highest BCUT2D eigenvalue weighted by atomic mass is 16.5. The number of phenols is 1. The van der Waals surface area contributed by atoms with Gasteiger partial charge in [-0.1, -0.05) is 6.07 Å². The summed E-state index contributed by atoms with van der Waals surface area (Å²) in [6.07, 6.45) is 2.86. The average molecular weight is 297 g/mol. The molecule has 112 valence electrons. The minimum Gasteiger partial charge on any atom is -0.504 e. The summed E-state index contributed by atoms with van der Waals surface area (Å²) >= 11 is 0. The Morgan fingerprint density at radius 1 is 1.45 bits per heavy atom. The van der Waals surface area contributed by atoms with E-state index in [1.54, 1.807) is 26.0 Å². The summed E-state index contributed by atoms with van der Waals surface area (Å²) in [6.45, 7) is 3.86. The van der Waals surface area contributed by atoms with Gasteiger partial charge in [0, 0.05) is 0 Å². The summed E-state index contributed by atoms with van der Waals surface area (Å²) in [5.74, 6) is 0.377. The second-order valence-electron chi connectivity index (χ2n) is 4.55. The van der Waals surface area contributed by atoms with Crippen molar-refractivity contribution >= 4 is 11.9 Å². The first-order valence-electron chi connectivity index (χ1n) is 6.73. The first-order valence-corrected chi connectivity index (χ1v) is 6.73. The van der Waals surface area contributed by atoms with Crippen LogP contribution >= 0.6 is 0 Å². The minimum atomic E-state index is -0.403. The average Bonchev–Trinajstić information content (AvgIpc) is 2.93. The number of hydrogen-bond donors (Lipinski definition) is 1. The Morgan fingerprint density at radius 2 is 2.23 bits per heavy atom. The van der Waals surface area contributed by atoms with Gasteiger partial charge < -0.3 is 14.3 Å². The molecule has 0 aliphatic rings. The van der Waals surface area contributed by atoms with Gasteiger partial charge in [0.1, 0.15) is 17.4 Å². The molecule has 2 rings (SSSR count). The Kier molecular flexibility index (Phi) is 4.64. The van der Waals surface area contributed by atoms with Crippen molar-refractivity contribution in [2.75, 3.05) is 6.61 Å². The molecule has 2 aromatic rings. The van der Waals surface area contributed by atoms with Crippen molar-refractivity contribution in [3.8, 4) is 17.6 Å². The lowest BCUT2D eigenvalue weighted by molar-refractivity contribution is 0.103. The minimum absolute atomic E-state index is 0.00881. The molecule has 0 amide bonds. The molecule has 0 saturated heterocycles. The molecule has 5 heteroatoms. The topological polar surface area (TPSA) is 83.5 Å². The van der Waals surface area contributed by atoms with Crippen molar-refractivity contribution in [1.82, 2.24) is 0 Å². The van der Waals surface area contributed by atoms with Crippen molar-refractivity contribution in [2.24, 2.45) is 0 Å². The Labute approximate surface area is 128 Å². The molecule has 0 saturated carbocycles. The number of allylic oxidation sites excluding steroid dienone is 1. The van der Waals surface area contributed by atoms with Gasteiger partial charge >= 0.3 is 0 Å². The van der Waals surface area contributed by atoms with Crippen LogP contribution in [-0.4, -0.2) is 17.5 Å². The van der Waals surface area contributed by atoms with Gasteiger partial charge in [0.25, 0.3) is 0 Å². The maximum absolute atomic E-state index is 12.3. The van der Waals surface area contributed by atoms with E-state index in [-0.39, 0.29) is 11.3 Å². The van der Waals surface area contributed by atoms with Crippen LogP contribution in [0.25, 0.3) is 6.08 Å². The normalized spacial score (nSPS) is 11.0. The monoisotopic (exact) mass is 297 g/mol. The van der Waals surface area contributed by atoms with Crippen molar-refractivity contribution < 1.29 is 19.1 Å². The predicted octanol–water partition coefficient (Wildman–Crippen LogP) is 3.48. The van der Waals surface area contributed by atoms with Crippen LogP contribution in [0, 0.1) is 18.3 Å². The quantitative estimate of drug-likeness (QED) is 0.519. The Balaban J connectivity index is 2.37. The maximum atomic E-state index is 12.3. The van der Waals surface area contributed by atoms with E-state index in [2.05, 4.69) is 0 Å². The van der Waals surface area contributed by atoms with Crippen LogP contribution in [-0.2, 0) is 0 Å². The van der Waals surface area contributed by atoms with Crippen molar-refractivity contribution in [3.05, 3.63) is 53.0 Å². The number of carbonyl (C=O) groups excluding carboxylic acids is 1. The summed E-state index contributed by atoms with van der Waals surface area (Å²) < 4.78 is 10.4. The molecule has 0 fully saturated rings. The first-order chi connectivity index (χ1) is 10.6. The summed E-state index contributed by atoms with van der Waals surface area (Å²) in [5, 5.41) is 18.9. The number of nitrogens with zero attached hydrogens (tertiary/aromatic N) is 1. The van der Waals surface area contributed by atoms with Gasteiger partial charge in [-0.25, -0.2) is 0 Å². The Hall–Kier alpha value is -3.00. The van der Waals surface area contributed by atoms with E-state index in [9.17, 15) is 15.2 Å². The number of furan rings is 1. The molecule has 22 heavy (non-hydrogen) atoms. The number of phenolic OH excluding ortho intramolecular Hbond substituents is 1. The van der Waals surface area contributed by atoms with Crippen LogP contribution in [0.5, 0.6) is 11.5 Å². The maximum Gasteiger partial charge on any atom is 0.207 e. The van der Waals surface area contributed by atoms with Gasteiger partial charge in [-0.2, -0.15) is 5.26 Å². The fraction of sp³-hybridized carbons (Fsp3) is 0.176. The molecule has 0 atom stereocenters. The first kappa shape index (κ1) is 15.4. The number of aromatic hydroxyl groups is 1. The number of Topliss-reactive ketones (excluding diaryl/α,β-unsaturated/α-hetero) is 1. The summed E-state index contributed by atoms with van der Waals surface area (Å²) in [5.41, 5.74) is 0.932. The number of ketones is 1. The van der Waals surface area contributed by atoms with Gasteiger partial charge in [-0.05, 0) is 43.7 Å². The molecule has 0 bridgehead atoms. The van der Waals surface area contributed by atoms with Gasteiger partial charge in [0.2, 0.25) is 5.78 Å². The zero-order valence-electron chi connectivity index (χ0n) is 12.3. The highest BCUT2D eigenvalue weighted by molar-refractivity contribution is 6.14. The number of benzene rings is 1. The molecule has 0 aliphatic heterocycles. The fourth-order valence-electron chi connectivity index (χ4n) is 1.97. The van der Waals surface area contributed by atoms with E-state index in [4.69, 9.17) is 9.15 Å². The molecule has 0 spiro atoms. The standard InChI is InChI=1S/C17H15NO4/c1-3-21-16-9-12(4-5-15(16)19)8-13(10-18)17(20)14-6-7-22-11(14)2/h4-9,19H,3H2,1-2H3/b13-8+. The molecule has 0 radical (unpaired) electrons. The van der Waals surface area contributed by atoms with Crippen LogP contribution in [0.15, 0.2) is 40.5 Å². The number of carbonyl (C=O) groups is 1. The largest absolute Gasteiger partial charge is 0.504 e. The fourth-order valence-corrected chi connectivity index (χ4v) is 1.97. The molecule has 0 aliphatic carbocycles. The Bertz CT molecular complexity index is 765. The van der Waals surface area contributed by atoms with Gasteiger partial charge in [0.15, 0.2) is 11.5 Å². The van der Waals surface area contributed by atoms with Crippen LogP contribution in [0.1, 0.15) is 28.6 Å². The van der Waals surface area contributed by atoms with E-state index in [0.29, 0.717) is 29.2 Å². The lowest BCUT2D eigenvalue weighted by Crippen LogP contribution is -2.02. The lowest BCUT2D eigenvalue weighted by Gasteiger charge is -2.06. The SMILES string of the molecule is CCOc1cc(/C=C(\C#N)C(=O)c2ccoc2C)ccc1O. The van der Waals surface area contributed by atoms with Crippen LogP contribution in [0.2, 0.25) is 0 Å². The van der Waals surface area contributed by atoms with E-state index < -0.39 is 5.78 Å². The Morgan fingerprint density at radius 3 is 2.82 bits per heavy atom. The van der Waals surface area contributed by atoms with Crippen molar-refractivity contribution in [2.45, 2.75) is 13.8 Å².